The van der Waals surface area contributed by atoms with Gasteiger partial charge in [0.25, 0.3) is 0 Å². The Morgan fingerprint density at radius 3 is 2.55 bits per heavy atom. The molecule has 3 rings (SSSR count). The van der Waals surface area contributed by atoms with Gasteiger partial charge in [0.2, 0.25) is 0 Å². The van der Waals surface area contributed by atoms with E-state index in [0.717, 1.165) is 16.3 Å². The van der Waals surface area contributed by atoms with Gasteiger partial charge in [0.15, 0.2) is 5.78 Å². The number of hydrogen-bond acceptors (Lipinski definition) is 4. The Kier molecular flexibility index (Phi) is 3.65. The molecule has 4 heteroatoms. The average Bonchev–Trinajstić information content (AvgIpc) is 2.97. The van der Waals surface area contributed by atoms with E-state index >= 15 is 0 Å². The van der Waals surface area contributed by atoms with Crippen LogP contribution in [0, 0.1) is 0 Å². The zero-order valence-corrected chi connectivity index (χ0v) is 11.5. The van der Waals surface area contributed by atoms with Crippen LogP contribution >= 0.6 is 11.3 Å². The lowest BCUT2D eigenvalue weighted by Gasteiger charge is -1.97. The van der Waals surface area contributed by atoms with Crippen LogP contribution in [0.15, 0.2) is 60.2 Å². The number of thiazole rings is 1. The smallest absolute Gasteiger partial charge is 0.169 e. The number of rotatable bonds is 4. The van der Waals surface area contributed by atoms with Crippen molar-refractivity contribution in [1.29, 1.82) is 0 Å². The molecule has 2 heterocycles. The second-order valence-corrected chi connectivity index (χ2v) is 5.27. The Morgan fingerprint density at radius 2 is 1.80 bits per heavy atom. The Labute approximate surface area is 121 Å². The van der Waals surface area contributed by atoms with Gasteiger partial charge >= 0.3 is 0 Å². The maximum Gasteiger partial charge on any atom is 0.169 e. The van der Waals surface area contributed by atoms with Gasteiger partial charge in [-0.3, -0.25) is 9.78 Å². The number of carbonyl (C=O) groups is 1. The first kappa shape index (κ1) is 12.7. The summed E-state index contributed by atoms with van der Waals surface area (Å²) in [6.07, 6.45) is 3.59. The number of aromatic nitrogens is 2. The van der Waals surface area contributed by atoms with Crippen LogP contribution in [0.25, 0.3) is 11.3 Å². The maximum absolute atomic E-state index is 12.1. The van der Waals surface area contributed by atoms with E-state index < -0.39 is 0 Å². The molecule has 0 radical (unpaired) electrons. The van der Waals surface area contributed by atoms with Crippen LogP contribution in [-0.2, 0) is 6.42 Å². The largest absolute Gasteiger partial charge is 0.294 e. The molecule has 0 saturated carbocycles. The molecule has 0 saturated heterocycles. The summed E-state index contributed by atoms with van der Waals surface area (Å²) >= 11 is 1.52. The SMILES string of the molecule is O=C(Cc1nc(-c2ccccc2)cs1)c1ccncc1. The Hall–Kier alpha value is -2.33. The molecular formula is C16H12N2OS. The normalized spacial score (nSPS) is 10.4. The van der Waals surface area contributed by atoms with Crippen LogP contribution in [-0.4, -0.2) is 15.8 Å². The monoisotopic (exact) mass is 280 g/mol. The predicted molar refractivity (Wildman–Crippen MR) is 79.8 cm³/mol. The van der Waals surface area contributed by atoms with Crippen molar-refractivity contribution in [2.24, 2.45) is 0 Å². The quantitative estimate of drug-likeness (QED) is 0.685. The third kappa shape index (κ3) is 2.81. The Balaban J connectivity index is 1.77. The molecule has 0 fully saturated rings. The molecule has 0 amide bonds. The van der Waals surface area contributed by atoms with Crippen LogP contribution in [0.4, 0.5) is 0 Å². The number of nitrogens with zero attached hydrogens (tertiary/aromatic N) is 2. The first-order chi connectivity index (χ1) is 9.83. The second-order valence-electron chi connectivity index (χ2n) is 4.33. The second kappa shape index (κ2) is 5.75. The van der Waals surface area contributed by atoms with Gasteiger partial charge in [-0.1, -0.05) is 30.3 Å². The summed E-state index contributed by atoms with van der Waals surface area (Å²) in [5.41, 5.74) is 2.68. The lowest BCUT2D eigenvalue weighted by molar-refractivity contribution is 0.0993. The van der Waals surface area contributed by atoms with Crippen LogP contribution in [0.5, 0.6) is 0 Å². The minimum atomic E-state index is 0.0707. The van der Waals surface area contributed by atoms with E-state index in [1.807, 2.05) is 35.7 Å². The Morgan fingerprint density at radius 1 is 1.05 bits per heavy atom. The van der Waals surface area contributed by atoms with Gasteiger partial charge in [0.1, 0.15) is 5.01 Å². The molecule has 3 nitrogen and oxygen atoms in total. The molecule has 2 aromatic heterocycles. The average molecular weight is 280 g/mol. The molecule has 0 spiro atoms. The van der Waals surface area contributed by atoms with Crippen LogP contribution in [0.2, 0.25) is 0 Å². The molecule has 3 aromatic rings. The molecule has 0 bridgehead atoms. The van der Waals surface area contributed by atoms with Crippen molar-refractivity contribution in [3.63, 3.8) is 0 Å². The first-order valence-corrected chi connectivity index (χ1v) is 7.14. The highest BCUT2D eigenvalue weighted by atomic mass is 32.1. The van der Waals surface area contributed by atoms with Gasteiger partial charge in [-0.25, -0.2) is 4.98 Å². The van der Waals surface area contributed by atoms with Gasteiger partial charge in [-0.05, 0) is 12.1 Å². The predicted octanol–water partition coefficient (Wildman–Crippen LogP) is 3.63. The van der Waals surface area contributed by atoms with Crippen molar-refractivity contribution in [1.82, 2.24) is 9.97 Å². The Bertz CT molecular complexity index is 708. The lowest BCUT2D eigenvalue weighted by atomic mass is 10.1. The molecule has 0 atom stereocenters. The van der Waals surface area contributed by atoms with E-state index in [0.29, 0.717) is 12.0 Å². The van der Waals surface area contributed by atoms with E-state index in [2.05, 4.69) is 9.97 Å². The highest BCUT2D eigenvalue weighted by Crippen LogP contribution is 2.22. The molecule has 20 heavy (non-hydrogen) atoms. The molecular weight excluding hydrogens is 268 g/mol. The summed E-state index contributed by atoms with van der Waals surface area (Å²) in [4.78, 5) is 20.5. The van der Waals surface area contributed by atoms with E-state index in [9.17, 15) is 4.79 Å². The fraction of sp³-hybridized carbons (Fsp3) is 0.0625. The number of hydrogen-bond donors (Lipinski definition) is 0. The standard InChI is InChI=1S/C16H12N2OS/c19-15(13-6-8-17-9-7-13)10-16-18-14(11-20-16)12-4-2-1-3-5-12/h1-9,11H,10H2. The number of pyridine rings is 1. The van der Waals surface area contributed by atoms with Gasteiger partial charge in [-0.15, -0.1) is 11.3 Å². The summed E-state index contributed by atoms with van der Waals surface area (Å²) in [7, 11) is 0. The number of ketones is 1. The maximum atomic E-state index is 12.1. The first-order valence-electron chi connectivity index (χ1n) is 6.26. The molecule has 0 N–H and O–H groups in total. The fourth-order valence-electron chi connectivity index (χ4n) is 1.91. The molecule has 0 aliphatic carbocycles. The van der Waals surface area contributed by atoms with Gasteiger partial charge in [-0.2, -0.15) is 0 Å². The van der Waals surface area contributed by atoms with Crippen molar-refractivity contribution in [3.8, 4) is 11.3 Å². The van der Waals surface area contributed by atoms with Crippen molar-refractivity contribution >= 4 is 17.1 Å². The molecule has 0 aliphatic rings. The summed E-state index contributed by atoms with van der Waals surface area (Å²) < 4.78 is 0. The van der Waals surface area contributed by atoms with Gasteiger partial charge in [0.05, 0.1) is 12.1 Å². The van der Waals surface area contributed by atoms with Crippen molar-refractivity contribution in [2.45, 2.75) is 6.42 Å². The molecule has 98 valence electrons. The topological polar surface area (TPSA) is 42.9 Å². The highest BCUT2D eigenvalue weighted by Gasteiger charge is 2.10. The van der Waals surface area contributed by atoms with Crippen LogP contribution < -0.4 is 0 Å². The summed E-state index contributed by atoms with van der Waals surface area (Å²) in [5, 5.41) is 2.83. The number of benzene rings is 1. The van der Waals surface area contributed by atoms with E-state index in [1.54, 1.807) is 24.5 Å². The summed E-state index contributed by atoms with van der Waals surface area (Å²) in [5.74, 6) is 0.0707. The van der Waals surface area contributed by atoms with Crippen molar-refractivity contribution in [3.05, 3.63) is 70.8 Å². The van der Waals surface area contributed by atoms with Crippen molar-refractivity contribution < 1.29 is 4.79 Å². The minimum Gasteiger partial charge on any atom is -0.294 e. The van der Waals surface area contributed by atoms with Crippen LogP contribution in [0.1, 0.15) is 15.4 Å². The summed E-state index contributed by atoms with van der Waals surface area (Å²) in [6, 6.07) is 13.4. The number of carbonyl (C=O) groups excluding carboxylic acids is 1. The molecule has 0 aliphatic heterocycles. The van der Waals surface area contributed by atoms with E-state index in [1.165, 1.54) is 11.3 Å². The lowest BCUT2D eigenvalue weighted by Crippen LogP contribution is -2.03. The zero-order valence-electron chi connectivity index (χ0n) is 10.7. The molecule has 1 aromatic carbocycles. The third-order valence-electron chi connectivity index (χ3n) is 2.94. The van der Waals surface area contributed by atoms with Gasteiger partial charge < -0.3 is 0 Å². The fourth-order valence-corrected chi connectivity index (χ4v) is 2.71. The molecule has 0 unspecified atom stereocenters. The zero-order chi connectivity index (χ0) is 13.8. The third-order valence-corrected chi connectivity index (χ3v) is 3.78. The van der Waals surface area contributed by atoms with E-state index in [-0.39, 0.29) is 5.78 Å². The minimum absolute atomic E-state index is 0.0707. The van der Waals surface area contributed by atoms with Crippen molar-refractivity contribution in [2.75, 3.05) is 0 Å². The highest BCUT2D eigenvalue weighted by molar-refractivity contribution is 7.10. The van der Waals surface area contributed by atoms with E-state index in [4.69, 9.17) is 0 Å². The van der Waals surface area contributed by atoms with Gasteiger partial charge in [0, 0.05) is 28.9 Å². The number of Topliss-reactive ketones (excluding diaryl/α,β-unsaturated/α-hetero) is 1. The van der Waals surface area contributed by atoms with Crippen LogP contribution in [0.3, 0.4) is 0 Å². The summed E-state index contributed by atoms with van der Waals surface area (Å²) in [6.45, 7) is 0.